The molecule has 0 aromatic rings. The van der Waals surface area contributed by atoms with E-state index in [1.165, 1.54) is 71.0 Å². The van der Waals surface area contributed by atoms with Crippen LogP contribution in [0.3, 0.4) is 0 Å². The highest BCUT2D eigenvalue weighted by atomic mass is 16.6. The Morgan fingerprint density at radius 1 is 0.864 bits per heavy atom. The molecule has 0 radical (unpaired) electrons. The number of esters is 1. The smallest absolute Gasteiger partial charge is 0.306 e. The van der Waals surface area contributed by atoms with Gasteiger partial charge in [-0.05, 0) is 66.1 Å². The van der Waals surface area contributed by atoms with Gasteiger partial charge in [-0.15, -0.1) is 0 Å². The molecule has 3 nitrogen and oxygen atoms in total. The van der Waals surface area contributed by atoms with E-state index < -0.39 is 0 Å². The van der Waals surface area contributed by atoms with Crippen LogP contribution in [0.5, 0.6) is 0 Å². The second kappa shape index (κ2) is 11.0. The molecular weight excluding hydrogens is 274 g/mol. The molecule has 0 amide bonds. The van der Waals surface area contributed by atoms with Crippen molar-refractivity contribution in [2.45, 2.75) is 97.0 Å². The van der Waals surface area contributed by atoms with Crippen LogP contribution in [0.4, 0.5) is 0 Å². The Bertz CT molecular complexity index is 290. The lowest BCUT2D eigenvalue weighted by molar-refractivity contribution is -0.154. The Morgan fingerprint density at radius 2 is 1.36 bits per heavy atom. The highest BCUT2D eigenvalue weighted by Gasteiger charge is 2.15. The molecule has 3 heteroatoms. The maximum atomic E-state index is 11.5. The zero-order valence-corrected chi connectivity index (χ0v) is 15.2. The van der Waals surface area contributed by atoms with Crippen molar-refractivity contribution < 1.29 is 9.53 Å². The van der Waals surface area contributed by atoms with Crippen LogP contribution >= 0.6 is 0 Å². The molecule has 1 fully saturated rings. The molecule has 0 N–H and O–H groups in total. The normalized spacial score (nSPS) is 16.1. The molecule has 1 aliphatic rings. The molecule has 0 unspecified atom stereocenters. The van der Waals surface area contributed by atoms with Gasteiger partial charge in [0.2, 0.25) is 0 Å². The van der Waals surface area contributed by atoms with Crippen LogP contribution in [-0.2, 0) is 9.53 Å². The largest absolute Gasteiger partial charge is 0.460 e. The van der Waals surface area contributed by atoms with E-state index in [1.54, 1.807) is 0 Å². The quantitative estimate of drug-likeness (QED) is 0.400. The summed E-state index contributed by atoms with van der Waals surface area (Å²) in [6.45, 7) is 9.75. The molecule has 1 rings (SSSR count). The number of nitrogens with zero attached hydrogens (tertiary/aromatic N) is 1. The Hall–Kier alpha value is -0.570. The number of hydrogen-bond acceptors (Lipinski definition) is 3. The van der Waals surface area contributed by atoms with Crippen molar-refractivity contribution in [3.05, 3.63) is 0 Å². The first-order chi connectivity index (χ1) is 10.5. The molecule has 0 aliphatic carbocycles. The number of carbonyl (C=O) groups excluding carboxylic acids is 1. The highest BCUT2D eigenvalue weighted by molar-refractivity contribution is 5.69. The minimum atomic E-state index is -0.341. The van der Waals surface area contributed by atoms with Crippen LogP contribution in [0.1, 0.15) is 91.4 Å². The average Bonchev–Trinajstić information content (AvgIpc) is 2.92. The van der Waals surface area contributed by atoms with Crippen molar-refractivity contribution in [3.63, 3.8) is 0 Å². The second-order valence-electron chi connectivity index (χ2n) is 7.71. The Kier molecular flexibility index (Phi) is 9.77. The lowest BCUT2D eigenvalue weighted by atomic mass is 10.1. The minimum Gasteiger partial charge on any atom is -0.460 e. The molecule has 0 spiro atoms. The van der Waals surface area contributed by atoms with Gasteiger partial charge in [-0.1, -0.05) is 38.5 Å². The maximum absolute atomic E-state index is 11.5. The molecule has 0 aromatic heterocycles. The lowest BCUT2D eigenvalue weighted by Gasteiger charge is -2.19. The standard InChI is InChI=1S/C19H37NO2/c1-19(2,3)22-18(21)14-10-8-6-4-5-7-9-11-15-20-16-12-13-17-20/h4-17H2,1-3H3. The first-order valence-corrected chi connectivity index (χ1v) is 9.41. The highest BCUT2D eigenvalue weighted by Crippen LogP contribution is 2.14. The molecule has 0 bridgehead atoms. The van der Waals surface area contributed by atoms with Crippen LogP contribution in [0.2, 0.25) is 0 Å². The van der Waals surface area contributed by atoms with Gasteiger partial charge in [0.25, 0.3) is 0 Å². The van der Waals surface area contributed by atoms with Crippen molar-refractivity contribution in [1.29, 1.82) is 0 Å². The fourth-order valence-corrected chi connectivity index (χ4v) is 3.06. The number of ether oxygens (including phenoxy) is 1. The maximum Gasteiger partial charge on any atom is 0.306 e. The fourth-order valence-electron chi connectivity index (χ4n) is 3.06. The third-order valence-corrected chi connectivity index (χ3v) is 4.22. The number of unbranched alkanes of at least 4 members (excludes halogenated alkanes) is 7. The third-order valence-electron chi connectivity index (χ3n) is 4.22. The summed E-state index contributed by atoms with van der Waals surface area (Å²) in [5, 5.41) is 0. The van der Waals surface area contributed by atoms with Crippen molar-refractivity contribution in [3.8, 4) is 0 Å². The van der Waals surface area contributed by atoms with Crippen LogP contribution in [0.25, 0.3) is 0 Å². The van der Waals surface area contributed by atoms with E-state index in [2.05, 4.69) is 4.90 Å². The molecule has 130 valence electrons. The van der Waals surface area contributed by atoms with Crippen LogP contribution < -0.4 is 0 Å². The molecule has 0 saturated carbocycles. The van der Waals surface area contributed by atoms with E-state index in [9.17, 15) is 4.79 Å². The van der Waals surface area contributed by atoms with E-state index in [-0.39, 0.29) is 11.6 Å². The summed E-state index contributed by atoms with van der Waals surface area (Å²) in [5.74, 6) is -0.0468. The lowest BCUT2D eigenvalue weighted by Crippen LogP contribution is -2.23. The van der Waals surface area contributed by atoms with Gasteiger partial charge in [0, 0.05) is 6.42 Å². The summed E-state index contributed by atoms with van der Waals surface area (Å²) < 4.78 is 5.31. The number of rotatable bonds is 11. The van der Waals surface area contributed by atoms with Gasteiger partial charge in [-0.2, -0.15) is 0 Å². The Labute approximate surface area is 137 Å². The SMILES string of the molecule is CC(C)(C)OC(=O)CCCCCCCCCCN1CCCC1. The molecule has 1 aliphatic heterocycles. The summed E-state index contributed by atoms with van der Waals surface area (Å²) in [4.78, 5) is 14.2. The topological polar surface area (TPSA) is 29.5 Å². The summed E-state index contributed by atoms with van der Waals surface area (Å²) in [6, 6.07) is 0. The number of carbonyl (C=O) groups is 1. The molecule has 0 aromatic carbocycles. The van der Waals surface area contributed by atoms with Crippen molar-refractivity contribution >= 4 is 5.97 Å². The van der Waals surface area contributed by atoms with Gasteiger partial charge in [0.1, 0.15) is 5.60 Å². The van der Waals surface area contributed by atoms with E-state index >= 15 is 0 Å². The molecule has 1 saturated heterocycles. The van der Waals surface area contributed by atoms with Gasteiger partial charge >= 0.3 is 5.97 Å². The summed E-state index contributed by atoms with van der Waals surface area (Å²) >= 11 is 0. The minimum absolute atomic E-state index is 0.0468. The fraction of sp³-hybridized carbons (Fsp3) is 0.947. The van der Waals surface area contributed by atoms with Gasteiger partial charge in [0.05, 0.1) is 0 Å². The van der Waals surface area contributed by atoms with Crippen molar-refractivity contribution in [2.24, 2.45) is 0 Å². The van der Waals surface area contributed by atoms with Crippen LogP contribution in [-0.4, -0.2) is 36.1 Å². The van der Waals surface area contributed by atoms with E-state index in [1.807, 2.05) is 20.8 Å². The van der Waals surface area contributed by atoms with Gasteiger partial charge in [0.15, 0.2) is 0 Å². The van der Waals surface area contributed by atoms with Gasteiger partial charge in [-0.3, -0.25) is 4.79 Å². The van der Waals surface area contributed by atoms with Crippen LogP contribution in [0, 0.1) is 0 Å². The first-order valence-electron chi connectivity index (χ1n) is 9.41. The molecule has 1 heterocycles. The predicted molar refractivity (Wildman–Crippen MR) is 93.1 cm³/mol. The van der Waals surface area contributed by atoms with Crippen LogP contribution in [0.15, 0.2) is 0 Å². The van der Waals surface area contributed by atoms with E-state index in [0.717, 1.165) is 12.8 Å². The van der Waals surface area contributed by atoms with Gasteiger partial charge in [-0.25, -0.2) is 0 Å². The summed E-state index contributed by atoms with van der Waals surface area (Å²) in [7, 11) is 0. The predicted octanol–water partition coefficient (Wildman–Crippen LogP) is 4.93. The van der Waals surface area contributed by atoms with Gasteiger partial charge < -0.3 is 9.64 Å². The van der Waals surface area contributed by atoms with Crippen molar-refractivity contribution in [1.82, 2.24) is 4.90 Å². The zero-order chi connectivity index (χ0) is 16.3. The van der Waals surface area contributed by atoms with E-state index in [4.69, 9.17) is 4.74 Å². The molecular formula is C19H37NO2. The number of likely N-dealkylation sites (tertiary alicyclic amines) is 1. The molecule has 0 atom stereocenters. The number of hydrogen-bond donors (Lipinski definition) is 0. The Balaban J connectivity index is 1.78. The third kappa shape index (κ3) is 11.1. The van der Waals surface area contributed by atoms with E-state index in [0.29, 0.717) is 6.42 Å². The second-order valence-corrected chi connectivity index (χ2v) is 7.71. The molecule has 22 heavy (non-hydrogen) atoms. The first kappa shape index (κ1) is 19.5. The summed E-state index contributed by atoms with van der Waals surface area (Å²) in [5.41, 5.74) is -0.341. The zero-order valence-electron chi connectivity index (χ0n) is 15.2. The van der Waals surface area contributed by atoms with Crippen molar-refractivity contribution in [2.75, 3.05) is 19.6 Å². The summed E-state index contributed by atoms with van der Waals surface area (Å²) in [6.07, 6.45) is 13.6. The average molecular weight is 312 g/mol. The Morgan fingerprint density at radius 3 is 1.91 bits per heavy atom. The monoisotopic (exact) mass is 311 g/mol.